The van der Waals surface area contributed by atoms with Gasteiger partial charge in [-0.3, -0.25) is 4.79 Å². The van der Waals surface area contributed by atoms with E-state index in [1.807, 2.05) is 60.7 Å². The predicted molar refractivity (Wildman–Crippen MR) is 113 cm³/mol. The van der Waals surface area contributed by atoms with Gasteiger partial charge in [0.2, 0.25) is 0 Å². The molecule has 0 amide bonds. The number of hydrogen-bond acceptors (Lipinski definition) is 5. The Labute approximate surface area is 164 Å². The van der Waals surface area contributed by atoms with Gasteiger partial charge in [0, 0.05) is 25.2 Å². The van der Waals surface area contributed by atoms with Crippen LogP contribution < -0.4 is 10.9 Å². The van der Waals surface area contributed by atoms with E-state index in [4.69, 9.17) is 24.4 Å². The number of Topliss-reactive ketones (excluding diaryl/α,β-unsaturated/α-hetero) is 1. The number of nitrogens with one attached hydrogen (secondary N) is 2. The lowest BCUT2D eigenvalue weighted by Gasteiger charge is -2.23. The van der Waals surface area contributed by atoms with E-state index in [1.54, 1.807) is 24.1 Å². The summed E-state index contributed by atoms with van der Waals surface area (Å²) in [5, 5.41) is 3.36. The van der Waals surface area contributed by atoms with Gasteiger partial charge < -0.3 is 10.0 Å². The van der Waals surface area contributed by atoms with Gasteiger partial charge in [0.15, 0.2) is 5.78 Å². The molecule has 0 atom stereocenters. The number of ketones is 1. The highest BCUT2D eigenvalue weighted by Crippen LogP contribution is 2.04. The number of benzene rings is 2. The molecule has 0 aliphatic carbocycles. The molecule has 0 heterocycles. The van der Waals surface area contributed by atoms with Gasteiger partial charge in [0.25, 0.3) is 0 Å². The van der Waals surface area contributed by atoms with Crippen molar-refractivity contribution in [2.24, 2.45) is 0 Å². The smallest absolute Gasteiger partial charge is 0.164 e. The number of thiocarbonyl (C=S) groups is 2. The Bertz CT molecular complexity index is 689. The summed E-state index contributed by atoms with van der Waals surface area (Å²) < 4.78 is 0. The first-order valence-corrected chi connectivity index (χ1v) is 8.95. The zero-order chi connectivity index (χ0) is 18.9. The maximum absolute atomic E-state index is 12.1. The quantitative estimate of drug-likeness (QED) is 0.533. The van der Waals surface area contributed by atoms with Gasteiger partial charge in [-0.25, -0.2) is 10.9 Å². The van der Waals surface area contributed by atoms with Gasteiger partial charge in [0.05, 0.1) is 13.1 Å². The highest BCUT2D eigenvalue weighted by atomic mass is 32.1. The van der Waals surface area contributed by atoms with E-state index >= 15 is 0 Å². The van der Waals surface area contributed by atoms with Crippen LogP contribution in [0.4, 0.5) is 0 Å². The van der Waals surface area contributed by atoms with Crippen LogP contribution in [0.15, 0.2) is 60.7 Å². The van der Waals surface area contributed by atoms with E-state index in [2.05, 4.69) is 10.9 Å². The summed E-state index contributed by atoms with van der Waals surface area (Å²) in [5.74, 6) is -0.00424. The molecule has 0 spiro atoms. The number of hydrogen-bond donors (Lipinski definition) is 2. The third-order valence-corrected chi connectivity index (χ3v) is 4.70. The maximum Gasteiger partial charge on any atom is 0.164 e. The second-order valence-electron chi connectivity index (χ2n) is 5.67. The Kier molecular flexibility index (Phi) is 7.80. The van der Waals surface area contributed by atoms with Gasteiger partial charge in [-0.05, 0) is 0 Å². The Balaban J connectivity index is 1.75. The van der Waals surface area contributed by atoms with E-state index in [0.717, 1.165) is 11.1 Å². The number of carbonyl (C=O) groups is 1. The monoisotopic (exact) mass is 386 g/mol. The minimum atomic E-state index is -0.00424. The molecule has 2 aromatic rings. The fourth-order valence-corrected chi connectivity index (χ4v) is 2.57. The molecule has 7 heteroatoms. The summed E-state index contributed by atoms with van der Waals surface area (Å²) in [4.78, 5) is 13.4. The summed E-state index contributed by atoms with van der Waals surface area (Å²) >= 11 is 10.8. The molecule has 0 unspecified atom stereocenters. The van der Waals surface area contributed by atoms with E-state index in [0.29, 0.717) is 9.98 Å². The standard InChI is InChI=1S/C19H22N4OS2/c1-22(18(25)15-9-5-3-6-10-15)20-13-17(24)14-21-23(2)19(26)16-11-7-4-8-12-16/h3-12,20-21H,13-14H2,1-2H3. The molecule has 5 nitrogen and oxygen atoms in total. The van der Waals surface area contributed by atoms with Gasteiger partial charge in [-0.2, -0.15) is 0 Å². The van der Waals surface area contributed by atoms with Crippen LogP contribution >= 0.6 is 24.4 Å². The molecule has 2 N–H and O–H groups in total. The SMILES string of the molecule is CN(NCC(=O)CNN(C)C(=S)c1ccccc1)C(=S)c1ccccc1. The van der Waals surface area contributed by atoms with Crippen molar-refractivity contribution >= 4 is 40.2 Å². The van der Waals surface area contributed by atoms with Crippen molar-refractivity contribution in [1.29, 1.82) is 0 Å². The molecule has 2 rings (SSSR count). The Morgan fingerprint density at radius 3 is 1.46 bits per heavy atom. The van der Waals surface area contributed by atoms with Crippen molar-refractivity contribution in [3.63, 3.8) is 0 Å². The van der Waals surface area contributed by atoms with Crippen LogP contribution in [-0.2, 0) is 4.79 Å². The predicted octanol–water partition coefficient (Wildman–Crippen LogP) is 2.18. The molecule has 0 fully saturated rings. The number of hydrazine groups is 2. The second-order valence-corrected chi connectivity index (χ2v) is 6.44. The molecule has 2 aromatic carbocycles. The Morgan fingerprint density at radius 2 is 1.12 bits per heavy atom. The average Bonchev–Trinajstić information content (AvgIpc) is 2.70. The fourth-order valence-electron chi connectivity index (χ4n) is 2.17. The van der Waals surface area contributed by atoms with Crippen molar-refractivity contribution in [2.75, 3.05) is 27.2 Å². The molecule has 0 aliphatic rings. The first-order valence-electron chi connectivity index (χ1n) is 8.14. The third-order valence-electron chi connectivity index (χ3n) is 3.68. The summed E-state index contributed by atoms with van der Waals surface area (Å²) in [5.41, 5.74) is 7.89. The largest absolute Gasteiger partial charge is 0.301 e. The molecule has 0 radical (unpaired) electrons. The van der Waals surface area contributed by atoms with Crippen LogP contribution in [0.2, 0.25) is 0 Å². The minimum Gasteiger partial charge on any atom is -0.301 e. The Morgan fingerprint density at radius 1 is 0.769 bits per heavy atom. The fraction of sp³-hybridized carbons (Fsp3) is 0.211. The first-order chi connectivity index (χ1) is 12.5. The van der Waals surface area contributed by atoms with E-state index in [1.165, 1.54) is 0 Å². The molecule has 136 valence electrons. The molecule has 26 heavy (non-hydrogen) atoms. The van der Waals surface area contributed by atoms with Crippen LogP contribution in [0.25, 0.3) is 0 Å². The highest BCUT2D eigenvalue weighted by Gasteiger charge is 2.11. The molecular weight excluding hydrogens is 364 g/mol. The van der Waals surface area contributed by atoms with Crippen molar-refractivity contribution in [2.45, 2.75) is 0 Å². The maximum atomic E-state index is 12.1. The van der Waals surface area contributed by atoms with Crippen molar-refractivity contribution in [3.05, 3.63) is 71.8 Å². The van der Waals surface area contributed by atoms with Crippen molar-refractivity contribution in [1.82, 2.24) is 20.9 Å². The molecule has 0 aromatic heterocycles. The summed E-state index contributed by atoms with van der Waals surface area (Å²) in [6.07, 6.45) is 0. The Hall–Kier alpha value is -2.19. The number of carbonyl (C=O) groups excluding carboxylic acids is 1. The summed E-state index contributed by atoms with van der Waals surface area (Å²) in [6.45, 7) is 0.338. The van der Waals surface area contributed by atoms with Gasteiger partial charge in [0.1, 0.15) is 9.98 Å². The van der Waals surface area contributed by atoms with Crippen LogP contribution in [0, 0.1) is 0 Å². The molecule has 0 aliphatic heterocycles. The summed E-state index contributed by atoms with van der Waals surface area (Å²) in [7, 11) is 3.60. The zero-order valence-corrected chi connectivity index (χ0v) is 16.4. The molecule has 0 bridgehead atoms. The second kappa shape index (κ2) is 10.1. The lowest BCUT2D eigenvalue weighted by Crippen LogP contribution is -2.46. The van der Waals surface area contributed by atoms with Crippen LogP contribution in [0.5, 0.6) is 0 Å². The lowest BCUT2D eigenvalue weighted by molar-refractivity contribution is -0.118. The zero-order valence-electron chi connectivity index (χ0n) is 14.8. The molecule has 0 saturated carbocycles. The molecule has 0 saturated heterocycles. The topological polar surface area (TPSA) is 47.6 Å². The minimum absolute atomic E-state index is 0.00424. The first kappa shape index (κ1) is 20.1. The van der Waals surface area contributed by atoms with Gasteiger partial charge >= 0.3 is 0 Å². The van der Waals surface area contributed by atoms with E-state index in [9.17, 15) is 4.79 Å². The lowest BCUT2D eigenvalue weighted by atomic mass is 10.2. The number of nitrogens with zero attached hydrogens (tertiary/aromatic N) is 2. The normalized spacial score (nSPS) is 10.2. The van der Waals surface area contributed by atoms with Gasteiger partial charge in [-0.1, -0.05) is 85.1 Å². The van der Waals surface area contributed by atoms with Crippen molar-refractivity contribution < 1.29 is 4.79 Å². The van der Waals surface area contributed by atoms with Gasteiger partial charge in [-0.15, -0.1) is 0 Å². The highest BCUT2D eigenvalue weighted by molar-refractivity contribution is 7.80. The van der Waals surface area contributed by atoms with Crippen molar-refractivity contribution in [3.8, 4) is 0 Å². The third kappa shape index (κ3) is 5.96. The van der Waals surface area contributed by atoms with E-state index in [-0.39, 0.29) is 18.9 Å². The average molecular weight is 387 g/mol. The van der Waals surface area contributed by atoms with E-state index < -0.39 is 0 Å². The van der Waals surface area contributed by atoms with Crippen LogP contribution in [0.3, 0.4) is 0 Å². The summed E-state index contributed by atoms with van der Waals surface area (Å²) in [6, 6.07) is 19.3. The van der Waals surface area contributed by atoms with Crippen LogP contribution in [-0.4, -0.2) is 53.0 Å². The number of rotatable bonds is 8. The van der Waals surface area contributed by atoms with Crippen LogP contribution in [0.1, 0.15) is 11.1 Å². The molecular formula is C19H22N4OS2.